The molecule has 1 heteroatoms. The zero-order chi connectivity index (χ0) is 6.95. The Hall–Kier alpha value is -1.03. The third kappa shape index (κ3) is 6.97. The van der Waals surface area contributed by atoms with Gasteiger partial charge < -0.3 is 0 Å². The molecule has 1 nitrogen and oxygen atoms in total. The van der Waals surface area contributed by atoms with Crippen LogP contribution in [0.25, 0.3) is 0 Å². The lowest BCUT2D eigenvalue weighted by Gasteiger charge is -1.77. The molecule has 0 unspecified atom stereocenters. The van der Waals surface area contributed by atoms with E-state index in [0.717, 1.165) is 12.8 Å². The summed E-state index contributed by atoms with van der Waals surface area (Å²) in [5.41, 5.74) is 0. The summed E-state index contributed by atoms with van der Waals surface area (Å²) >= 11 is 0. The number of nitrogens with zero attached hydrogens (tertiary/aromatic N) is 1. The molecule has 0 aliphatic carbocycles. The average molecular weight is 121 g/mol. The molecule has 0 saturated heterocycles. The van der Waals surface area contributed by atoms with Crippen molar-refractivity contribution in [2.45, 2.75) is 19.8 Å². The molecular weight excluding hydrogens is 110 g/mol. The van der Waals surface area contributed by atoms with Crippen LogP contribution in [0, 0.1) is 11.3 Å². The standard InChI is InChI=1S/C8H11N/c1-2-3-4-5-6-7-8-9/h4-7H,2-3H2,1H3. The van der Waals surface area contributed by atoms with E-state index in [0.29, 0.717) is 0 Å². The topological polar surface area (TPSA) is 23.8 Å². The number of hydrogen-bond donors (Lipinski definition) is 0. The van der Waals surface area contributed by atoms with Gasteiger partial charge in [-0.15, -0.1) is 0 Å². The SMILES string of the molecule is CCCC=CC=CC#N. The fourth-order valence-electron chi connectivity index (χ4n) is 0.440. The molecule has 0 aromatic rings. The maximum Gasteiger partial charge on any atom is 0.0912 e. The fraction of sp³-hybridized carbons (Fsp3) is 0.375. The Kier molecular flexibility index (Phi) is 6.17. The van der Waals surface area contributed by atoms with Gasteiger partial charge in [-0.05, 0) is 6.42 Å². The van der Waals surface area contributed by atoms with Gasteiger partial charge in [-0.1, -0.05) is 31.6 Å². The van der Waals surface area contributed by atoms with Crippen LogP contribution >= 0.6 is 0 Å². The van der Waals surface area contributed by atoms with Gasteiger partial charge in [-0.25, -0.2) is 0 Å². The highest BCUT2D eigenvalue weighted by Gasteiger charge is 1.68. The molecule has 0 aliphatic heterocycles. The van der Waals surface area contributed by atoms with E-state index in [4.69, 9.17) is 5.26 Å². The zero-order valence-electron chi connectivity index (χ0n) is 5.67. The van der Waals surface area contributed by atoms with Crippen molar-refractivity contribution in [1.29, 1.82) is 5.26 Å². The van der Waals surface area contributed by atoms with Crippen molar-refractivity contribution < 1.29 is 0 Å². The van der Waals surface area contributed by atoms with Gasteiger partial charge in [0.05, 0.1) is 6.07 Å². The summed E-state index contributed by atoms with van der Waals surface area (Å²) in [6, 6.07) is 1.91. The van der Waals surface area contributed by atoms with Gasteiger partial charge in [0.25, 0.3) is 0 Å². The van der Waals surface area contributed by atoms with Crippen molar-refractivity contribution in [3.63, 3.8) is 0 Å². The molecule has 0 aromatic heterocycles. The summed E-state index contributed by atoms with van der Waals surface area (Å²) in [5.74, 6) is 0. The molecule has 0 aromatic carbocycles. The summed E-state index contributed by atoms with van der Waals surface area (Å²) in [5, 5.41) is 8.05. The third-order valence-corrected chi connectivity index (χ3v) is 0.873. The van der Waals surface area contributed by atoms with E-state index in [2.05, 4.69) is 6.92 Å². The minimum absolute atomic E-state index is 1.09. The van der Waals surface area contributed by atoms with Gasteiger partial charge in [0.1, 0.15) is 0 Å². The first kappa shape index (κ1) is 7.97. The third-order valence-electron chi connectivity index (χ3n) is 0.873. The molecule has 0 aliphatic rings. The second-order valence-electron chi connectivity index (χ2n) is 1.71. The summed E-state index contributed by atoms with van der Waals surface area (Å²) in [6.45, 7) is 2.12. The Bertz CT molecular complexity index is 137. The quantitative estimate of drug-likeness (QED) is 0.415. The Morgan fingerprint density at radius 1 is 1.44 bits per heavy atom. The number of unbranched alkanes of at least 4 members (excludes halogenated alkanes) is 1. The average Bonchev–Trinajstić information content (AvgIpc) is 1.89. The minimum Gasteiger partial charge on any atom is -0.193 e. The summed E-state index contributed by atoms with van der Waals surface area (Å²) in [4.78, 5) is 0. The molecule has 9 heavy (non-hydrogen) atoms. The van der Waals surface area contributed by atoms with Crippen molar-refractivity contribution in [3.8, 4) is 6.07 Å². The zero-order valence-corrected chi connectivity index (χ0v) is 5.67. The highest BCUT2D eigenvalue weighted by molar-refractivity contribution is 5.11. The van der Waals surface area contributed by atoms with Crippen molar-refractivity contribution in [2.75, 3.05) is 0 Å². The first-order chi connectivity index (χ1) is 4.41. The van der Waals surface area contributed by atoms with Crippen molar-refractivity contribution >= 4 is 0 Å². The van der Waals surface area contributed by atoms with Crippen LogP contribution in [0.4, 0.5) is 0 Å². The van der Waals surface area contributed by atoms with Crippen LogP contribution in [0.15, 0.2) is 24.3 Å². The van der Waals surface area contributed by atoms with E-state index in [1.807, 2.05) is 18.2 Å². The molecule has 0 atom stereocenters. The van der Waals surface area contributed by atoms with E-state index < -0.39 is 0 Å². The van der Waals surface area contributed by atoms with Crippen molar-refractivity contribution in [3.05, 3.63) is 24.3 Å². The number of allylic oxidation sites excluding steroid dienone is 4. The lowest BCUT2D eigenvalue weighted by molar-refractivity contribution is 0.959. The lowest BCUT2D eigenvalue weighted by atomic mass is 10.3. The van der Waals surface area contributed by atoms with Gasteiger partial charge >= 0.3 is 0 Å². The maximum absolute atomic E-state index is 8.05. The van der Waals surface area contributed by atoms with Crippen LogP contribution < -0.4 is 0 Å². The van der Waals surface area contributed by atoms with E-state index in [1.165, 1.54) is 6.08 Å². The van der Waals surface area contributed by atoms with E-state index >= 15 is 0 Å². The molecule has 0 rings (SSSR count). The largest absolute Gasteiger partial charge is 0.193 e. The molecule has 0 saturated carbocycles. The van der Waals surface area contributed by atoms with Gasteiger partial charge in [0, 0.05) is 6.08 Å². The number of rotatable bonds is 3. The van der Waals surface area contributed by atoms with Crippen molar-refractivity contribution in [1.82, 2.24) is 0 Å². The first-order valence-electron chi connectivity index (χ1n) is 3.13. The van der Waals surface area contributed by atoms with Gasteiger partial charge in [-0.3, -0.25) is 0 Å². The monoisotopic (exact) mass is 121 g/mol. The molecular formula is C8H11N. The summed E-state index contributed by atoms with van der Waals surface area (Å²) in [6.07, 6.45) is 9.41. The summed E-state index contributed by atoms with van der Waals surface area (Å²) in [7, 11) is 0. The molecule has 0 bridgehead atoms. The second-order valence-corrected chi connectivity index (χ2v) is 1.71. The molecule has 0 radical (unpaired) electrons. The van der Waals surface area contributed by atoms with Crippen LogP contribution in [-0.2, 0) is 0 Å². The lowest BCUT2D eigenvalue weighted by Crippen LogP contribution is -1.58. The number of hydrogen-bond acceptors (Lipinski definition) is 1. The highest BCUT2D eigenvalue weighted by atomic mass is 14.2. The first-order valence-corrected chi connectivity index (χ1v) is 3.13. The van der Waals surface area contributed by atoms with Crippen LogP contribution in [0.1, 0.15) is 19.8 Å². The normalized spacial score (nSPS) is 10.7. The smallest absolute Gasteiger partial charge is 0.0912 e. The Morgan fingerprint density at radius 3 is 2.78 bits per heavy atom. The van der Waals surface area contributed by atoms with E-state index in [1.54, 1.807) is 6.08 Å². The van der Waals surface area contributed by atoms with E-state index in [-0.39, 0.29) is 0 Å². The molecule has 0 amide bonds. The maximum atomic E-state index is 8.05. The Balaban J connectivity index is 3.27. The summed E-state index contributed by atoms with van der Waals surface area (Å²) < 4.78 is 0. The van der Waals surface area contributed by atoms with Crippen LogP contribution in [-0.4, -0.2) is 0 Å². The molecule has 48 valence electrons. The van der Waals surface area contributed by atoms with Crippen LogP contribution in [0.5, 0.6) is 0 Å². The van der Waals surface area contributed by atoms with Crippen LogP contribution in [0.2, 0.25) is 0 Å². The molecule has 0 N–H and O–H groups in total. The Morgan fingerprint density at radius 2 is 2.22 bits per heavy atom. The second kappa shape index (κ2) is 6.97. The van der Waals surface area contributed by atoms with Crippen LogP contribution in [0.3, 0.4) is 0 Å². The predicted molar refractivity (Wildman–Crippen MR) is 38.8 cm³/mol. The molecule has 0 spiro atoms. The molecule has 0 heterocycles. The fourth-order valence-corrected chi connectivity index (χ4v) is 0.440. The van der Waals surface area contributed by atoms with Gasteiger partial charge in [-0.2, -0.15) is 5.26 Å². The molecule has 0 fully saturated rings. The minimum atomic E-state index is 1.09. The number of nitriles is 1. The van der Waals surface area contributed by atoms with Crippen molar-refractivity contribution in [2.24, 2.45) is 0 Å². The Labute approximate surface area is 56.3 Å². The van der Waals surface area contributed by atoms with E-state index in [9.17, 15) is 0 Å². The predicted octanol–water partition coefficient (Wildman–Crippen LogP) is 2.42. The van der Waals surface area contributed by atoms with Gasteiger partial charge in [0.15, 0.2) is 0 Å². The highest BCUT2D eigenvalue weighted by Crippen LogP contribution is 1.87. The van der Waals surface area contributed by atoms with Gasteiger partial charge in [0.2, 0.25) is 0 Å².